The van der Waals surface area contributed by atoms with E-state index in [1.807, 2.05) is 32.0 Å². The lowest BCUT2D eigenvalue weighted by atomic mass is 10.0. The highest BCUT2D eigenvalue weighted by Gasteiger charge is 2.39. The van der Waals surface area contributed by atoms with Gasteiger partial charge in [0.05, 0.1) is 5.69 Å². The van der Waals surface area contributed by atoms with E-state index in [4.69, 9.17) is 11.6 Å². The van der Waals surface area contributed by atoms with Crippen molar-refractivity contribution in [2.24, 2.45) is 5.92 Å². The summed E-state index contributed by atoms with van der Waals surface area (Å²) < 4.78 is 0. The zero-order valence-corrected chi connectivity index (χ0v) is 15.1. The first-order valence-corrected chi connectivity index (χ1v) is 8.49. The van der Waals surface area contributed by atoms with Gasteiger partial charge in [-0.2, -0.15) is 0 Å². The second-order valence-electron chi connectivity index (χ2n) is 6.25. The van der Waals surface area contributed by atoms with Crippen LogP contribution in [0.5, 0.6) is 0 Å². The first-order chi connectivity index (χ1) is 12.3. The number of nitrogens with zero attached hydrogens (tertiary/aromatic N) is 1. The summed E-state index contributed by atoms with van der Waals surface area (Å²) in [5.41, 5.74) is 2.99. The van der Waals surface area contributed by atoms with E-state index in [0.29, 0.717) is 16.4 Å². The molecule has 1 saturated heterocycles. The van der Waals surface area contributed by atoms with Crippen LogP contribution in [0.1, 0.15) is 11.1 Å². The summed E-state index contributed by atoms with van der Waals surface area (Å²) in [5.74, 6) is -2.04. The molecule has 0 radical (unpaired) electrons. The number of nitrogens with one attached hydrogen (secondary N) is 2. The Bertz CT molecular complexity index is 860. The van der Waals surface area contributed by atoms with Crippen molar-refractivity contribution in [3.05, 3.63) is 58.6 Å². The van der Waals surface area contributed by atoms with Crippen LogP contribution in [-0.4, -0.2) is 24.4 Å². The normalized spacial score (nSPS) is 17.0. The third-order valence-corrected chi connectivity index (χ3v) is 4.32. The molecule has 1 heterocycles. The summed E-state index contributed by atoms with van der Waals surface area (Å²) in [6, 6.07) is 11.4. The molecule has 6 nitrogen and oxygen atoms in total. The molecule has 26 heavy (non-hydrogen) atoms. The van der Waals surface area contributed by atoms with Crippen molar-refractivity contribution in [1.82, 2.24) is 5.32 Å². The van der Waals surface area contributed by atoms with Gasteiger partial charge in [-0.05, 0) is 61.4 Å². The number of urea groups is 1. The Morgan fingerprint density at radius 1 is 1.12 bits per heavy atom. The number of benzene rings is 2. The monoisotopic (exact) mass is 371 g/mol. The molecule has 0 spiro atoms. The van der Waals surface area contributed by atoms with Gasteiger partial charge in [0.15, 0.2) is 0 Å². The predicted octanol–water partition coefficient (Wildman–Crippen LogP) is 3.27. The fourth-order valence-corrected chi connectivity index (χ4v) is 3.05. The molecule has 0 aliphatic carbocycles. The zero-order chi connectivity index (χ0) is 18.8. The number of halogens is 1. The van der Waals surface area contributed by atoms with Crippen LogP contribution in [0.25, 0.3) is 0 Å². The smallest absolute Gasteiger partial charge is 0.328 e. The molecule has 1 atom stereocenters. The lowest BCUT2D eigenvalue weighted by Gasteiger charge is -2.30. The third kappa shape index (κ3) is 3.70. The Labute approximate surface area is 156 Å². The number of imide groups is 1. The summed E-state index contributed by atoms with van der Waals surface area (Å²) in [5, 5.41) is 5.84. The van der Waals surface area contributed by atoms with Crippen molar-refractivity contribution in [3.63, 3.8) is 0 Å². The average molecular weight is 372 g/mol. The Morgan fingerprint density at radius 2 is 1.73 bits per heavy atom. The van der Waals surface area contributed by atoms with E-state index in [1.54, 1.807) is 24.3 Å². The van der Waals surface area contributed by atoms with Gasteiger partial charge in [-0.25, -0.2) is 9.69 Å². The number of amides is 4. The van der Waals surface area contributed by atoms with Crippen LogP contribution in [0.3, 0.4) is 0 Å². The summed E-state index contributed by atoms with van der Waals surface area (Å²) in [6.07, 6.45) is 0. The standard InChI is InChI=1S/C19H18ClN3O3/c1-11-7-12(2)9-14(8-11)22-17(24)16-10-21-19(26)23(18(16)25)15-5-3-13(20)4-6-15/h3-9,16H,10H2,1-2H3,(H,21,26)(H,22,24). The van der Waals surface area contributed by atoms with Crippen LogP contribution in [0.15, 0.2) is 42.5 Å². The minimum absolute atomic E-state index is 0.0433. The summed E-state index contributed by atoms with van der Waals surface area (Å²) in [7, 11) is 0. The van der Waals surface area contributed by atoms with E-state index >= 15 is 0 Å². The van der Waals surface area contributed by atoms with Gasteiger partial charge < -0.3 is 10.6 Å². The molecular formula is C19H18ClN3O3. The maximum Gasteiger partial charge on any atom is 0.328 e. The Kier molecular flexibility index (Phi) is 4.95. The molecule has 3 rings (SSSR count). The maximum atomic E-state index is 12.8. The number of carbonyl (C=O) groups excluding carboxylic acids is 3. The number of rotatable bonds is 3. The topological polar surface area (TPSA) is 78.5 Å². The Balaban J connectivity index is 1.81. The minimum atomic E-state index is -1.01. The molecule has 0 aromatic heterocycles. The summed E-state index contributed by atoms with van der Waals surface area (Å²) >= 11 is 5.85. The van der Waals surface area contributed by atoms with Crippen LogP contribution in [0.4, 0.5) is 16.2 Å². The second kappa shape index (κ2) is 7.17. The quantitative estimate of drug-likeness (QED) is 0.813. The molecule has 1 aliphatic heterocycles. The molecule has 1 unspecified atom stereocenters. The number of hydrogen-bond donors (Lipinski definition) is 2. The number of carbonyl (C=O) groups is 3. The second-order valence-corrected chi connectivity index (χ2v) is 6.69. The molecule has 2 aromatic rings. The molecule has 1 fully saturated rings. The number of hydrogen-bond acceptors (Lipinski definition) is 3. The van der Waals surface area contributed by atoms with E-state index in [9.17, 15) is 14.4 Å². The highest BCUT2D eigenvalue weighted by Crippen LogP contribution is 2.23. The largest absolute Gasteiger partial charge is 0.336 e. The van der Waals surface area contributed by atoms with Gasteiger partial charge in [0.25, 0.3) is 0 Å². The van der Waals surface area contributed by atoms with E-state index in [0.717, 1.165) is 16.0 Å². The molecule has 0 saturated carbocycles. The SMILES string of the molecule is Cc1cc(C)cc(NC(=O)C2CNC(=O)N(c3ccc(Cl)cc3)C2=O)c1. The minimum Gasteiger partial charge on any atom is -0.336 e. The van der Waals surface area contributed by atoms with Crippen molar-refractivity contribution in [1.29, 1.82) is 0 Å². The molecule has 0 bridgehead atoms. The molecule has 134 valence electrons. The van der Waals surface area contributed by atoms with Crippen LogP contribution < -0.4 is 15.5 Å². The Hall–Kier alpha value is -2.86. The van der Waals surface area contributed by atoms with Crippen molar-refractivity contribution in [3.8, 4) is 0 Å². The highest BCUT2D eigenvalue weighted by atomic mass is 35.5. The van der Waals surface area contributed by atoms with Gasteiger partial charge in [0.1, 0.15) is 5.92 Å². The van der Waals surface area contributed by atoms with Crippen LogP contribution >= 0.6 is 11.6 Å². The summed E-state index contributed by atoms with van der Waals surface area (Å²) in [6.45, 7) is 3.81. The van der Waals surface area contributed by atoms with Crippen LogP contribution in [0.2, 0.25) is 5.02 Å². The van der Waals surface area contributed by atoms with E-state index in [2.05, 4.69) is 10.6 Å². The molecule has 2 aromatic carbocycles. The fourth-order valence-electron chi connectivity index (χ4n) is 2.93. The van der Waals surface area contributed by atoms with E-state index in [1.165, 1.54) is 0 Å². The molecule has 1 aliphatic rings. The lowest BCUT2D eigenvalue weighted by Crippen LogP contribution is -2.58. The first-order valence-electron chi connectivity index (χ1n) is 8.11. The maximum absolute atomic E-state index is 12.8. The summed E-state index contributed by atoms with van der Waals surface area (Å²) in [4.78, 5) is 38.5. The van der Waals surface area contributed by atoms with Gasteiger partial charge in [-0.15, -0.1) is 0 Å². The lowest BCUT2D eigenvalue weighted by molar-refractivity contribution is -0.130. The third-order valence-electron chi connectivity index (χ3n) is 4.07. The Morgan fingerprint density at radius 3 is 2.35 bits per heavy atom. The van der Waals surface area contributed by atoms with Crippen molar-refractivity contribution in [2.45, 2.75) is 13.8 Å². The van der Waals surface area contributed by atoms with Crippen LogP contribution in [-0.2, 0) is 9.59 Å². The van der Waals surface area contributed by atoms with Gasteiger partial charge >= 0.3 is 6.03 Å². The van der Waals surface area contributed by atoms with E-state index < -0.39 is 23.8 Å². The van der Waals surface area contributed by atoms with Gasteiger partial charge in [0.2, 0.25) is 11.8 Å². The van der Waals surface area contributed by atoms with Crippen LogP contribution in [0, 0.1) is 19.8 Å². The van der Waals surface area contributed by atoms with Gasteiger partial charge in [-0.3, -0.25) is 9.59 Å². The molecular weight excluding hydrogens is 354 g/mol. The highest BCUT2D eigenvalue weighted by molar-refractivity contribution is 6.30. The predicted molar refractivity (Wildman–Crippen MR) is 100 cm³/mol. The molecule has 7 heteroatoms. The first kappa shape index (κ1) is 17.9. The zero-order valence-electron chi connectivity index (χ0n) is 14.4. The molecule has 4 amide bonds. The van der Waals surface area contributed by atoms with Crippen molar-refractivity contribution >= 4 is 40.8 Å². The number of aryl methyl sites for hydroxylation is 2. The fraction of sp³-hybridized carbons (Fsp3) is 0.211. The van der Waals surface area contributed by atoms with Crippen molar-refractivity contribution < 1.29 is 14.4 Å². The number of anilines is 2. The van der Waals surface area contributed by atoms with E-state index in [-0.39, 0.29) is 6.54 Å². The average Bonchev–Trinajstić information content (AvgIpc) is 2.55. The van der Waals surface area contributed by atoms with Gasteiger partial charge in [0, 0.05) is 17.3 Å². The molecule has 2 N–H and O–H groups in total. The van der Waals surface area contributed by atoms with Gasteiger partial charge in [-0.1, -0.05) is 17.7 Å². The van der Waals surface area contributed by atoms with Crippen molar-refractivity contribution in [2.75, 3.05) is 16.8 Å².